The average Bonchev–Trinajstić information content (AvgIpc) is 3.10. The average molecular weight is 310 g/mol. The lowest BCUT2D eigenvalue weighted by Gasteiger charge is -2.01. The van der Waals surface area contributed by atoms with E-state index in [1.54, 1.807) is 23.6 Å². The minimum absolute atomic E-state index is 0.204. The molecule has 1 N–H and O–H groups in total. The highest BCUT2D eigenvalue weighted by Crippen LogP contribution is 2.11. The van der Waals surface area contributed by atoms with E-state index in [1.165, 1.54) is 4.88 Å². The van der Waals surface area contributed by atoms with Crippen molar-refractivity contribution in [1.29, 1.82) is 0 Å². The van der Waals surface area contributed by atoms with Crippen molar-refractivity contribution in [1.82, 2.24) is 10.3 Å². The van der Waals surface area contributed by atoms with E-state index in [-0.39, 0.29) is 16.6 Å². The Morgan fingerprint density at radius 2 is 2.25 bits per heavy atom. The predicted molar refractivity (Wildman–Crippen MR) is 78.4 cm³/mol. The lowest BCUT2D eigenvalue weighted by molar-refractivity contribution is 0.0526. The number of nitrogens with zero attached hydrogens (tertiary/aromatic N) is 1. The van der Waals surface area contributed by atoms with Gasteiger partial charge in [0.05, 0.1) is 6.61 Å². The molecule has 0 bridgehead atoms. The lowest BCUT2D eigenvalue weighted by Crippen LogP contribution is -2.25. The highest BCUT2D eigenvalue weighted by atomic mass is 32.1. The molecular weight excluding hydrogens is 296 g/mol. The van der Waals surface area contributed by atoms with Crippen LogP contribution >= 0.6 is 22.7 Å². The number of hydrogen-bond acceptors (Lipinski definition) is 6. The summed E-state index contributed by atoms with van der Waals surface area (Å²) in [7, 11) is 0. The Balaban J connectivity index is 1.84. The quantitative estimate of drug-likeness (QED) is 0.832. The van der Waals surface area contributed by atoms with E-state index >= 15 is 0 Å². The van der Waals surface area contributed by atoms with Gasteiger partial charge in [0.1, 0.15) is 5.69 Å². The van der Waals surface area contributed by atoms with Crippen molar-refractivity contribution < 1.29 is 14.3 Å². The number of thiophene rings is 1. The van der Waals surface area contributed by atoms with Crippen molar-refractivity contribution in [2.24, 2.45) is 0 Å². The number of aromatic nitrogens is 1. The van der Waals surface area contributed by atoms with Gasteiger partial charge < -0.3 is 10.1 Å². The van der Waals surface area contributed by atoms with Gasteiger partial charge in [-0.1, -0.05) is 6.07 Å². The van der Waals surface area contributed by atoms with E-state index in [0.717, 1.165) is 17.8 Å². The van der Waals surface area contributed by atoms with Crippen LogP contribution in [0.1, 0.15) is 32.1 Å². The number of amides is 1. The standard InChI is InChI=1S/C13H14N2O3S2/c1-2-18-13(17)12-15-10(8-20-12)11(16)14-6-5-9-4-3-7-19-9/h3-4,7-8H,2,5-6H2,1H3,(H,14,16). The van der Waals surface area contributed by atoms with Gasteiger partial charge in [-0.15, -0.1) is 22.7 Å². The highest BCUT2D eigenvalue weighted by Gasteiger charge is 2.15. The number of carbonyl (C=O) groups excluding carboxylic acids is 2. The number of carbonyl (C=O) groups is 2. The van der Waals surface area contributed by atoms with Crippen molar-refractivity contribution in [2.75, 3.05) is 13.2 Å². The van der Waals surface area contributed by atoms with Crippen LogP contribution < -0.4 is 5.32 Å². The molecule has 0 radical (unpaired) electrons. The zero-order valence-electron chi connectivity index (χ0n) is 10.9. The summed E-state index contributed by atoms with van der Waals surface area (Å²) in [6.07, 6.45) is 0.790. The van der Waals surface area contributed by atoms with Gasteiger partial charge >= 0.3 is 5.97 Å². The van der Waals surface area contributed by atoms with Crippen LogP contribution in [-0.4, -0.2) is 30.0 Å². The van der Waals surface area contributed by atoms with E-state index < -0.39 is 5.97 Å². The van der Waals surface area contributed by atoms with Gasteiger partial charge in [-0.2, -0.15) is 0 Å². The van der Waals surface area contributed by atoms with E-state index in [9.17, 15) is 9.59 Å². The third-order valence-corrected chi connectivity index (χ3v) is 4.18. The number of esters is 1. The molecule has 0 aliphatic rings. The maximum absolute atomic E-state index is 11.9. The number of ether oxygens (including phenoxy) is 1. The maximum atomic E-state index is 11.9. The molecule has 0 saturated heterocycles. The summed E-state index contributed by atoms with van der Waals surface area (Å²) in [5, 5.41) is 6.55. The summed E-state index contributed by atoms with van der Waals surface area (Å²) < 4.78 is 4.83. The van der Waals surface area contributed by atoms with Crippen molar-refractivity contribution in [2.45, 2.75) is 13.3 Å². The molecule has 2 aromatic heterocycles. The molecule has 0 aliphatic carbocycles. The van der Waals surface area contributed by atoms with Gasteiger partial charge in [-0.25, -0.2) is 9.78 Å². The molecule has 0 atom stereocenters. The molecule has 7 heteroatoms. The van der Waals surface area contributed by atoms with Crippen LogP contribution in [0.3, 0.4) is 0 Å². The van der Waals surface area contributed by atoms with Crippen LogP contribution in [0, 0.1) is 0 Å². The lowest BCUT2D eigenvalue weighted by atomic mass is 10.3. The molecule has 2 rings (SSSR count). The molecule has 0 unspecified atom stereocenters. The first kappa shape index (κ1) is 14.7. The van der Waals surface area contributed by atoms with E-state index in [2.05, 4.69) is 10.3 Å². The Bertz CT molecular complexity index is 578. The molecule has 20 heavy (non-hydrogen) atoms. The number of hydrogen-bond donors (Lipinski definition) is 1. The van der Waals surface area contributed by atoms with Crippen molar-refractivity contribution in [3.8, 4) is 0 Å². The van der Waals surface area contributed by atoms with Crippen LogP contribution in [0.5, 0.6) is 0 Å². The Morgan fingerprint density at radius 3 is 2.95 bits per heavy atom. The fourth-order valence-electron chi connectivity index (χ4n) is 1.51. The number of nitrogens with one attached hydrogen (secondary N) is 1. The van der Waals surface area contributed by atoms with Gasteiger partial charge in [0, 0.05) is 16.8 Å². The summed E-state index contributed by atoms with van der Waals surface area (Å²) in [5.74, 6) is -0.761. The van der Waals surface area contributed by atoms with Gasteiger partial charge in [0.2, 0.25) is 5.01 Å². The summed E-state index contributed by atoms with van der Waals surface area (Å²) in [6.45, 7) is 2.57. The second kappa shape index (κ2) is 7.16. The smallest absolute Gasteiger partial charge is 0.367 e. The number of rotatable bonds is 6. The highest BCUT2D eigenvalue weighted by molar-refractivity contribution is 7.11. The number of thiazole rings is 1. The summed E-state index contributed by atoms with van der Waals surface area (Å²) in [4.78, 5) is 28.5. The fraction of sp³-hybridized carbons (Fsp3) is 0.308. The zero-order chi connectivity index (χ0) is 14.4. The van der Waals surface area contributed by atoms with Crippen LogP contribution in [0.15, 0.2) is 22.9 Å². The molecule has 106 valence electrons. The maximum Gasteiger partial charge on any atom is 0.367 e. The van der Waals surface area contributed by atoms with Gasteiger partial charge in [0.15, 0.2) is 0 Å². The van der Waals surface area contributed by atoms with Crippen molar-refractivity contribution in [3.05, 3.63) is 38.5 Å². The van der Waals surface area contributed by atoms with Crippen molar-refractivity contribution >= 4 is 34.6 Å². The Kier molecular flexibility index (Phi) is 5.25. The third kappa shape index (κ3) is 3.88. The van der Waals surface area contributed by atoms with E-state index in [1.807, 2.05) is 17.5 Å². The van der Waals surface area contributed by atoms with Gasteiger partial charge in [-0.05, 0) is 24.8 Å². The molecule has 2 aromatic rings. The fourth-order valence-corrected chi connectivity index (χ4v) is 2.91. The second-order valence-electron chi connectivity index (χ2n) is 3.84. The topological polar surface area (TPSA) is 68.3 Å². The molecule has 0 spiro atoms. The first-order valence-electron chi connectivity index (χ1n) is 6.14. The van der Waals surface area contributed by atoms with Crippen LogP contribution in [-0.2, 0) is 11.2 Å². The Hall–Kier alpha value is -1.73. The molecule has 0 aliphatic heterocycles. The molecule has 0 aromatic carbocycles. The Labute approximate surface area is 124 Å². The second-order valence-corrected chi connectivity index (χ2v) is 5.73. The molecule has 1 amide bonds. The Morgan fingerprint density at radius 1 is 1.40 bits per heavy atom. The molecule has 0 saturated carbocycles. The first-order chi connectivity index (χ1) is 9.70. The van der Waals surface area contributed by atoms with Gasteiger partial charge in [-0.3, -0.25) is 4.79 Å². The summed E-state index contributed by atoms with van der Waals surface area (Å²) in [6, 6.07) is 4.01. The van der Waals surface area contributed by atoms with E-state index in [4.69, 9.17) is 4.74 Å². The van der Waals surface area contributed by atoms with Gasteiger partial charge in [0.25, 0.3) is 5.91 Å². The SMILES string of the molecule is CCOC(=O)c1nc(C(=O)NCCc2cccs2)cs1. The zero-order valence-corrected chi connectivity index (χ0v) is 12.6. The molecule has 2 heterocycles. The monoisotopic (exact) mass is 310 g/mol. The van der Waals surface area contributed by atoms with Crippen LogP contribution in [0.2, 0.25) is 0 Å². The minimum Gasteiger partial charge on any atom is -0.461 e. The van der Waals surface area contributed by atoms with Crippen molar-refractivity contribution in [3.63, 3.8) is 0 Å². The van der Waals surface area contributed by atoms with Crippen LogP contribution in [0.4, 0.5) is 0 Å². The molecule has 0 fully saturated rings. The molecule has 5 nitrogen and oxygen atoms in total. The normalized spacial score (nSPS) is 10.2. The predicted octanol–water partition coefficient (Wildman–Crippen LogP) is 2.35. The third-order valence-electron chi connectivity index (χ3n) is 2.42. The largest absolute Gasteiger partial charge is 0.461 e. The van der Waals surface area contributed by atoms with E-state index in [0.29, 0.717) is 13.2 Å². The summed E-state index contributed by atoms with van der Waals surface area (Å²) >= 11 is 2.77. The minimum atomic E-state index is -0.491. The molecular formula is C13H14N2O3S2. The first-order valence-corrected chi connectivity index (χ1v) is 7.90. The summed E-state index contributed by atoms with van der Waals surface area (Å²) in [5.41, 5.74) is 0.254. The van der Waals surface area contributed by atoms with Crippen LogP contribution in [0.25, 0.3) is 0 Å².